The standard InChI is InChI=1S/C19H21NO2S2/c1-12-7-13(5-6-22-12)15-10-19(23-11-15)24-16-3-4-17-14(8-16)9-18(21)20(17)2/h3-4,8,10-13H,5-7,9H2,1-2H3/t12-,13-/m0/s1. The molecule has 5 heteroatoms. The summed E-state index contributed by atoms with van der Waals surface area (Å²) in [5.74, 6) is 0.810. The van der Waals surface area contributed by atoms with Gasteiger partial charge in [0.05, 0.1) is 16.7 Å². The van der Waals surface area contributed by atoms with Crippen molar-refractivity contribution in [3.05, 3.63) is 40.8 Å². The van der Waals surface area contributed by atoms with Crippen LogP contribution in [0.3, 0.4) is 0 Å². The van der Waals surface area contributed by atoms with Gasteiger partial charge in [-0.15, -0.1) is 11.3 Å². The van der Waals surface area contributed by atoms with Gasteiger partial charge in [0.1, 0.15) is 0 Å². The van der Waals surface area contributed by atoms with Crippen molar-refractivity contribution >= 4 is 34.7 Å². The van der Waals surface area contributed by atoms with E-state index in [1.54, 1.807) is 16.7 Å². The number of rotatable bonds is 3. The first kappa shape index (κ1) is 16.2. The molecule has 24 heavy (non-hydrogen) atoms. The monoisotopic (exact) mass is 359 g/mol. The number of carbonyl (C=O) groups is 1. The highest BCUT2D eigenvalue weighted by Crippen LogP contribution is 2.40. The Morgan fingerprint density at radius 2 is 2.21 bits per heavy atom. The largest absolute Gasteiger partial charge is 0.378 e. The predicted octanol–water partition coefficient (Wildman–Crippen LogP) is 4.70. The molecular formula is C19H21NO2S2. The van der Waals surface area contributed by atoms with Gasteiger partial charge in [-0.1, -0.05) is 11.8 Å². The molecule has 1 aromatic carbocycles. The number of carbonyl (C=O) groups excluding carboxylic acids is 1. The fourth-order valence-electron chi connectivity index (χ4n) is 3.52. The predicted molar refractivity (Wildman–Crippen MR) is 99.4 cm³/mol. The Kier molecular flexibility index (Phi) is 4.41. The maximum Gasteiger partial charge on any atom is 0.231 e. The van der Waals surface area contributed by atoms with Crippen LogP contribution in [0, 0.1) is 0 Å². The highest BCUT2D eigenvalue weighted by molar-refractivity contribution is 8.01. The third-order valence-electron chi connectivity index (χ3n) is 4.90. The van der Waals surface area contributed by atoms with Crippen molar-refractivity contribution in [1.29, 1.82) is 0 Å². The van der Waals surface area contributed by atoms with Crippen molar-refractivity contribution in [2.24, 2.45) is 0 Å². The summed E-state index contributed by atoms with van der Waals surface area (Å²) in [4.78, 5) is 14.8. The Morgan fingerprint density at radius 1 is 1.33 bits per heavy atom. The number of nitrogens with zero attached hydrogens (tertiary/aromatic N) is 1. The van der Waals surface area contributed by atoms with Crippen LogP contribution >= 0.6 is 23.1 Å². The molecule has 0 bridgehead atoms. The number of likely N-dealkylation sites (N-methyl/N-ethyl adjacent to an activating group) is 1. The first-order valence-electron chi connectivity index (χ1n) is 8.37. The molecule has 1 fully saturated rings. The molecule has 1 amide bonds. The molecule has 2 aliphatic rings. The van der Waals surface area contributed by atoms with E-state index in [-0.39, 0.29) is 5.91 Å². The molecule has 2 aliphatic heterocycles. The lowest BCUT2D eigenvalue weighted by atomic mass is 9.91. The average molecular weight is 360 g/mol. The Bertz CT molecular complexity index is 770. The summed E-state index contributed by atoms with van der Waals surface area (Å²) in [6, 6.07) is 8.69. The van der Waals surface area contributed by atoms with E-state index in [9.17, 15) is 4.79 Å². The molecule has 0 unspecified atom stereocenters. The van der Waals surface area contributed by atoms with Crippen LogP contribution in [0.15, 0.2) is 38.8 Å². The van der Waals surface area contributed by atoms with Crippen molar-refractivity contribution in [2.45, 2.75) is 47.3 Å². The molecule has 126 valence electrons. The molecule has 3 nitrogen and oxygen atoms in total. The number of fused-ring (bicyclic) bond motifs is 1. The minimum absolute atomic E-state index is 0.180. The molecule has 0 aliphatic carbocycles. The van der Waals surface area contributed by atoms with E-state index in [0.717, 1.165) is 30.7 Å². The summed E-state index contributed by atoms with van der Waals surface area (Å²) in [5.41, 5.74) is 3.64. The molecule has 1 saturated heterocycles. The Balaban J connectivity index is 1.49. The number of thiophene rings is 1. The van der Waals surface area contributed by atoms with Crippen LogP contribution in [0.25, 0.3) is 0 Å². The van der Waals surface area contributed by atoms with Gasteiger partial charge in [0.25, 0.3) is 0 Å². The van der Waals surface area contributed by atoms with Crippen molar-refractivity contribution in [3.8, 4) is 0 Å². The lowest BCUT2D eigenvalue weighted by Gasteiger charge is -2.26. The summed E-state index contributed by atoms with van der Waals surface area (Å²) >= 11 is 3.62. The summed E-state index contributed by atoms with van der Waals surface area (Å²) in [6.45, 7) is 3.04. The van der Waals surface area contributed by atoms with Gasteiger partial charge in [-0.25, -0.2) is 0 Å². The zero-order valence-electron chi connectivity index (χ0n) is 14.0. The van der Waals surface area contributed by atoms with E-state index >= 15 is 0 Å². The number of hydrogen-bond acceptors (Lipinski definition) is 4. The zero-order valence-corrected chi connectivity index (χ0v) is 15.6. The van der Waals surface area contributed by atoms with Crippen molar-refractivity contribution in [3.63, 3.8) is 0 Å². The first-order chi connectivity index (χ1) is 11.6. The second-order valence-corrected chi connectivity index (χ2v) is 8.91. The topological polar surface area (TPSA) is 29.5 Å². The van der Waals surface area contributed by atoms with Crippen LogP contribution < -0.4 is 4.90 Å². The van der Waals surface area contributed by atoms with Crippen molar-refractivity contribution in [1.82, 2.24) is 0 Å². The summed E-state index contributed by atoms with van der Waals surface area (Å²) in [5, 5.41) is 2.30. The number of amides is 1. The molecule has 2 atom stereocenters. The van der Waals surface area contributed by atoms with Crippen LogP contribution in [0.4, 0.5) is 5.69 Å². The van der Waals surface area contributed by atoms with Crippen molar-refractivity contribution < 1.29 is 9.53 Å². The third kappa shape index (κ3) is 3.13. The fourth-order valence-corrected chi connectivity index (χ4v) is 5.63. The maximum atomic E-state index is 11.8. The Morgan fingerprint density at radius 3 is 3.04 bits per heavy atom. The molecule has 0 spiro atoms. The van der Waals surface area contributed by atoms with Crippen molar-refractivity contribution in [2.75, 3.05) is 18.6 Å². The minimum atomic E-state index is 0.180. The van der Waals surface area contributed by atoms with Gasteiger partial charge in [-0.05, 0) is 66.5 Å². The minimum Gasteiger partial charge on any atom is -0.378 e. The Labute approximate surface area is 151 Å². The van der Waals surface area contributed by atoms with Crippen LogP contribution in [-0.4, -0.2) is 25.7 Å². The number of benzene rings is 1. The van der Waals surface area contributed by atoms with Crippen LogP contribution in [0.2, 0.25) is 0 Å². The van der Waals surface area contributed by atoms with E-state index in [1.807, 2.05) is 18.4 Å². The molecule has 0 saturated carbocycles. The second-order valence-electron chi connectivity index (χ2n) is 6.62. The van der Waals surface area contributed by atoms with E-state index in [2.05, 4.69) is 36.6 Å². The molecule has 1 aromatic heterocycles. The van der Waals surface area contributed by atoms with Crippen LogP contribution in [0.5, 0.6) is 0 Å². The molecule has 4 rings (SSSR count). The second kappa shape index (κ2) is 6.54. The number of ether oxygens (including phenoxy) is 1. The smallest absolute Gasteiger partial charge is 0.231 e. The molecule has 0 N–H and O–H groups in total. The molecular weight excluding hydrogens is 338 g/mol. The molecule has 3 heterocycles. The fraction of sp³-hybridized carbons (Fsp3) is 0.421. The highest BCUT2D eigenvalue weighted by Gasteiger charge is 2.24. The van der Waals surface area contributed by atoms with Gasteiger partial charge < -0.3 is 9.64 Å². The van der Waals surface area contributed by atoms with E-state index in [4.69, 9.17) is 4.74 Å². The summed E-state index contributed by atoms with van der Waals surface area (Å²) in [6.07, 6.45) is 3.13. The molecule has 0 radical (unpaired) electrons. The lowest BCUT2D eigenvalue weighted by Crippen LogP contribution is -2.21. The van der Waals surface area contributed by atoms with Gasteiger partial charge in [-0.2, -0.15) is 0 Å². The van der Waals surface area contributed by atoms with Gasteiger partial charge in [0.15, 0.2) is 0 Å². The Hall–Kier alpha value is -1.30. The van der Waals surface area contributed by atoms with Gasteiger partial charge >= 0.3 is 0 Å². The first-order valence-corrected chi connectivity index (χ1v) is 10.1. The third-order valence-corrected chi connectivity index (χ3v) is 6.99. The van der Waals surface area contributed by atoms with Gasteiger partial charge in [-0.3, -0.25) is 4.79 Å². The maximum absolute atomic E-state index is 11.8. The van der Waals surface area contributed by atoms with Gasteiger partial charge in [0, 0.05) is 24.2 Å². The quantitative estimate of drug-likeness (QED) is 0.795. The number of hydrogen-bond donors (Lipinski definition) is 0. The lowest BCUT2D eigenvalue weighted by molar-refractivity contribution is -0.117. The SMILES string of the molecule is C[C@H]1C[C@@H](c2csc(Sc3ccc4c(c3)CC(=O)N4C)c2)CCO1. The normalized spacial score (nSPS) is 23.6. The van der Waals surface area contributed by atoms with Crippen LogP contribution in [0.1, 0.15) is 36.8 Å². The van der Waals surface area contributed by atoms with E-state index in [1.165, 1.54) is 14.7 Å². The summed E-state index contributed by atoms with van der Waals surface area (Å²) in [7, 11) is 1.85. The zero-order chi connectivity index (χ0) is 16.7. The van der Waals surface area contributed by atoms with E-state index < -0.39 is 0 Å². The van der Waals surface area contributed by atoms with E-state index in [0.29, 0.717) is 18.4 Å². The van der Waals surface area contributed by atoms with Gasteiger partial charge in [0.2, 0.25) is 5.91 Å². The van der Waals surface area contributed by atoms with Crippen LogP contribution in [-0.2, 0) is 16.0 Å². The highest BCUT2D eigenvalue weighted by atomic mass is 32.2. The number of anilines is 1. The average Bonchev–Trinajstić information content (AvgIpc) is 3.13. The molecule has 2 aromatic rings. The summed E-state index contributed by atoms with van der Waals surface area (Å²) < 4.78 is 6.98.